The van der Waals surface area contributed by atoms with Gasteiger partial charge in [-0.2, -0.15) is 5.10 Å². The van der Waals surface area contributed by atoms with Gasteiger partial charge >= 0.3 is 0 Å². The lowest BCUT2D eigenvalue weighted by Gasteiger charge is -2.03. The minimum atomic E-state index is 1.01. The zero-order chi connectivity index (χ0) is 10.4. The first kappa shape index (κ1) is 10.8. The van der Waals surface area contributed by atoms with Crippen molar-refractivity contribution in [2.45, 2.75) is 33.6 Å². The maximum absolute atomic E-state index is 4.33. The number of benzene rings is 1. The number of hydrogen-bond acceptors (Lipinski definition) is 2. The summed E-state index contributed by atoms with van der Waals surface area (Å²) in [6.07, 6.45) is 2.02. The summed E-state index contributed by atoms with van der Waals surface area (Å²) in [6.45, 7) is 6.33. The van der Waals surface area contributed by atoms with E-state index in [4.69, 9.17) is 0 Å². The summed E-state index contributed by atoms with van der Waals surface area (Å²) < 4.78 is 0. The van der Waals surface area contributed by atoms with Gasteiger partial charge < -0.3 is 0 Å². The predicted octanol–water partition coefficient (Wildman–Crippen LogP) is 3.58. The lowest BCUT2D eigenvalue weighted by atomic mass is 10.2. The van der Waals surface area contributed by atoms with Crippen LogP contribution in [0.5, 0.6) is 0 Å². The maximum atomic E-state index is 4.33. The molecule has 1 rings (SSSR count). The van der Waals surface area contributed by atoms with Crippen LogP contribution in [-0.2, 0) is 0 Å². The summed E-state index contributed by atoms with van der Waals surface area (Å²) in [5.74, 6) is 0. The number of nitrogens with zero attached hydrogens (tertiary/aromatic N) is 1. The van der Waals surface area contributed by atoms with Crippen molar-refractivity contribution in [2.75, 3.05) is 5.43 Å². The second kappa shape index (κ2) is 5.43. The molecular weight excluding hydrogens is 172 g/mol. The molecule has 0 spiro atoms. The molecule has 1 aromatic carbocycles. The Labute approximate surface area is 86.0 Å². The third-order valence-electron chi connectivity index (χ3n) is 2.21. The molecule has 0 atom stereocenters. The van der Waals surface area contributed by atoms with Crippen LogP contribution in [0.1, 0.15) is 32.3 Å². The third-order valence-corrected chi connectivity index (χ3v) is 2.21. The van der Waals surface area contributed by atoms with Gasteiger partial charge in [-0.05, 0) is 31.9 Å². The van der Waals surface area contributed by atoms with E-state index in [1.807, 2.05) is 12.1 Å². The Morgan fingerprint density at radius 3 is 2.21 bits per heavy atom. The highest BCUT2D eigenvalue weighted by Gasteiger charge is 1.92. The van der Waals surface area contributed by atoms with Crippen molar-refractivity contribution in [1.29, 1.82) is 0 Å². The van der Waals surface area contributed by atoms with Crippen molar-refractivity contribution >= 4 is 11.4 Å². The number of hydrogen-bond donors (Lipinski definition) is 1. The fourth-order valence-corrected chi connectivity index (χ4v) is 1.18. The summed E-state index contributed by atoms with van der Waals surface area (Å²) >= 11 is 0. The molecule has 2 heteroatoms. The van der Waals surface area contributed by atoms with E-state index in [2.05, 4.69) is 43.4 Å². The first-order valence-corrected chi connectivity index (χ1v) is 5.14. The van der Waals surface area contributed by atoms with Crippen LogP contribution in [0.4, 0.5) is 5.69 Å². The Morgan fingerprint density at radius 1 is 1.14 bits per heavy atom. The fraction of sp³-hybridized carbons (Fsp3) is 0.417. The molecule has 0 heterocycles. The van der Waals surface area contributed by atoms with E-state index in [1.54, 1.807) is 0 Å². The van der Waals surface area contributed by atoms with E-state index in [-0.39, 0.29) is 0 Å². The van der Waals surface area contributed by atoms with Crippen LogP contribution < -0.4 is 5.43 Å². The van der Waals surface area contributed by atoms with Crippen LogP contribution in [0.2, 0.25) is 0 Å². The smallest absolute Gasteiger partial charge is 0.0561 e. The van der Waals surface area contributed by atoms with Crippen LogP contribution in [0.25, 0.3) is 0 Å². The number of rotatable bonds is 4. The molecule has 0 bridgehead atoms. The van der Waals surface area contributed by atoms with Gasteiger partial charge in [-0.3, -0.25) is 5.43 Å². The van der Waals surface area contributed by atoms with Crippen molar-refractivity contribution in [3.8, 4) is 0 Å². The average molecular weight is 190 g/mol. The Kier molecular flexibility index (Phi) is 4.17. The zero-order valence-corrected chi connectivity index (χ0v) is 9.17. The highest BCUT2D eigenvalue weighted by Crippen LogP contribution is 2.08. The Balaban J connectivity index is 2.60. The molecule has 0 unspecified atom stereocenters. The van der Waals surface area contributed by atoms with Gasteiger partial charge in [-0.25, -0.2) is 0 Å². The van der Waals surface area contributed by atoms with Crippen molar-refractivity contribution in [3.63, 3.8) is 0 Å². The standard InChI is InChI=1S/C12H18N2/c1-4-11(5-2)13-14-12-8-6-10(3)7-9-12/h6-9,14H,4-5H2,1-3H3. The Morgan fingerprint density at radius 2 is 1.71 bits per heavy atom. The highest BCUT2D eigenvalue weighted by molar-refractivity contribution is 5.84. The topological polar surface area (TPSA) is 24.4 Å². The van der Waals surface area contributed by atoms with Crippen molar-refractivity contribution in [2.24, 2.45) is 5.10 Å². The van der Waals surface area contributed by atoms with Crippen molar-refractivity contribution in [3.05, 3.63) is 29.8 Å². The van der Waals surface area contributed by atoms with Crippen LogP contribution in [0.15, 0.2) is 29.4 Å². The third kappa shape index (κ3) is 3.21. The summed E-state index contributed by atoms with van der Waals surface area (Å²) in [6, 6.07) is 8.24. The van der Waals surface area contributed by atoms with Gasteiger partial charge in [0.2, 0.25) is 0 Å². The molecule has 14 heavy (non-hydrogen) atoms. The minimum absolute atomic E-state index is 1.01. The molecule has 1 aromatic rings. The van der Waals surface area contributed by atoms with Crippen LogP contribution in [0, 0.1) is 6.92 Å². The summed E-state index contributed by atoms with van der Waals surface area (Å²) in [4.78, 5) is 0. The molecule has 0 aliphatic carbocycles. The molecule has 0 radical (unpaired) electrons. The van der Waals surface area contributed by atoms with Gasteiger partial charge in [0, 0.05) is 5.71 Å². The molecule has 1 N–H and O–H groups in total. The van der Waals surface area contributed by atoms with Gasteiger partial charge in [0.15, 0.2) is 0 Å². The normalized spacial score (nSPS) is 9.64. The van der Waals surface area contributed by atoms with Crippen molar-refractivity contribution < 1.29 is 0 Å². The summed E-state index contributed by atoms with van der Waals surface area (Å²) in [7, 11) is 0. The van der Waals surface area contributed by atoms with Gasteiger partial charge in [-0.1, -0.05) is 31.5 Å². The van der Waals surface area contributed by atoms with E-state index in [9.17, 15) is 0 Å². The quantitative estimate of drug-likeness (QED) is 0.569. The lowest BCUT2D eigenvalue weighted by Crippen LogP contribution is -1.98. The van der Waals surface area contributed by atoms with Crippen molar-refractivity contribution in [1.82, 2.24) is 0 Å². The van der Waals surface area contributed by atoms with Crippen LogP contribution >= 0.6 is 0 Å². The lowest BCUT2D eigenvalue weighted by molar-refractivity contribution is 1.12. The number of aryl methyl sites for hydroxylation is 1. The first-order chi connectivity index (χ1) is 6.76. The minimum Gasteiger partial charge on any atom is -0.279 e. The molecule has 0 aliphatic rings. The molecule has 0 saturated carbocycles. The number of anilines is 1. The van der Waals surface area contributed by atoms with E-state index in [1.165, 1.54) is 11.3 Å². The fourth-order valence-electron chi connectivity index (χ4n) is 1.18. The second-order valence-corrected chi connectivity index (χ2v) is 3.36. The van der Waals surface area contributed by atoms with Gasteiger partial charge in [0.05, 0.1) is 5.69 Å². The van der Waals surface area contributed by atoms with Crippen LogP contribution in [0.3, 0.4) is 0 Å². The monoisotopic (exact) mass is 190 g/mol. The van der Waals surface area contributed by atoms with Gasteiger partial charge in [0.25, 0.3) is 0 Å². The van der Waals surface area contributed by atoms with E-state index in [0.29, 0.717) is 0 Å². The maximum Gasteiger partial charge on any atom is 0.0561 e. The van der Waals surface area contributed by atoms with E-state index >= 15 is 0 Å². The zero-order valence-electron chi connectivity index (χ0n) is 9.17. The number of nitrogens with one attached hydrogen (secondary N) is 1. The summed E-state index contributed by atoms with van der Waals surface area (Å²) in [5, 5.41) is 4.33. The van der Waals surface area contributed by atoms with Gasteiger partial charge in [0.1, 0.15) is 0 Å². The average Bonchev–Trinajstić information content (AvgIpc) is 2.22. The van der Waals surface area contributed by atoms with Crippen LogP contribution in [-0.4, -0.2) is 5.71 Å². The van der Waals surface area contributed by atoms with Gasteiger partial charge in [-0.15, -0.1) is 0 Å². The number of hydrazone groups is 1. The van der Waals surface area contributed by atoms with E-state index in [0.717, 1.165) is 18.5 Å². The molecule has 0 aliphatic heterocycles. The predicted molar refractivity (Wildman–Crippen MR) is 62.8 cm³/mol. The first-order valence-electron chi connectivity index (χ1n) is 5.14. The molecule has 76 valence electrons. The van der Waals surface area contributed by atoms with E-state index < -0.39 is 0 Å². The molecular formula is C12H18N2. The molecule has 0 fully saturated rings. The second-order valence-electron chi connectivity index (χ2n) is 3.36. The molecule has 2 nitrogen and oxygen atoms in total. The Bertz CT molecular complexity index is 293. The molecule has 0 aromatic heterocycles. The molecule has 0 amide bonds. The Hall–Kier alpha value is -1.31. The highest BCUT2D eigenvalue weighted by atomic mass is 15.3. The molecule has 0 saturated heterocycles. The SMILES string of the molecule is CCC(CC)=NNc1ccc(C)cc1. The summed E-state index contributed by atoms with van der Waals surface area (Å²) in [5.41, 5.74) is 6.58. The largest absolute Gasteiger partial charge is 0.279 e.